The van der Waals surface area contributed by atoms with Crippen molar-refractivity contribution in [2.45, 2.75) is 28.8 Å². The summed E-state index contributed by atoms with van der Waals surface area (Å²) in [6.07, 6.45) is 0. The molecule has 6 heteroatoms. The van der Waals surface area contributed by atoms with Gasteiger partial charge in [-0.2, -0.15) is 0 Å². The number of hydrogen-bond acceptors (Lipinski definition) is 5. The van der Waals surface area contributed by atoms with Crippen LogP contribution < -0.4 is 5.32 Å². The van der Waals surface area contributed by atoms with Crippen molar-refractivity contribution in [2.24, 2.45) is 0 Å². The molecule has 0 aliphatic carbocycles. The van der Waals surface area contributed by atoms with Gasteiger partial charge in [0.15, 0.2) is 5.16 Å². The summed E-state index contributed by atoms with van der Waals surface area (Å²) in [6.45, 7) is 3.85. The van der Waals surface area contributed by atoms with E-state index in [2.05, 4.69) is 57.7 Å². The molecule has 4 nitrogen and oxygen atoms in total. The number of benzene rings is 3. The topological polar surface area (TPSA) is 54.9 Å². The van der Waals surface area contributed by atoms with Gasteiger partial charge in [-0.05, 0) is 61.0 Å². The standard InChI is InChI=1S/C24H21N3OS2/c1-16-14-17(2)26-24(25-16)29-15-23(28)27-19-10-12-20(13-11-19)30-22-9-5-7-18-6-3-4-8-21(18)22/h3-14H,15H2,1-2H3,(H,27,28). The summed E-state index contributed by atoms with van der Waals surface area (Å²) >= 11 is 3.07. The van der Waals surface area contributed by atoms with E-state index in [-0.39, 0.29) is 11.7 Å². The summed E-state index contributed by atoms with van der Waals surface area (Å²) in [5.41, 5.74) is 2.60. The number of anilines is 1. The molecule has 150 valence electrons. The monoisotopic (exact) mass is 431 g/mol. The maximum Gasteiger partial charge on any atom is 0.234 e. The fourth-order valence-electron chi connectivity index (χ4n) is 3.10. The average molecular weight is 432 g/mol. The molecule has 0 saturated heterocycles. The van der Waals surface area contributed by atoms with E-state index in [0.717, 1.165) is 22.0 Å². The van der Waals surface area contributed by atoms with E-state index in [0.29, 0.717) is 5.16 Å². The molecule has 0 aliphatic heterocycles. The molecular weight excluding hydrogens is 410 g/mol. The molecule has 1 heterocycles. The van der Waals surface area contributed by atoms with Gasteiger partial charge in [0.1, 0.15) is 0 Å². The van der Waals surface area contributed by atoms with Crippen molar-refractivity contribution in [2.75, 3.05) is 11.1 Å². The van der Waals surface area contributed by atoms with E-state index < -0.39 is 0 Å². The van der Waals surface area contributed by atoms with Crippen molar-refractivity contribution >= 4 is 45.9 Å². The number of hydrogen-bond donors (Lipinski definition) is 1. The Kier molecular flexibility index (Phi) is 6.35. The van der Waals surface area contributed by atoms with Gasteiger partial charge in [0, 0.05) is 26.9 Å². The van der Waals surface area contributed by atoms with Crippen molar-refractivity contribution in [3.63, 3.8) is 0 Å². The highest BCUT2D eigenvalue weighted by atomic mass is 32.2. The van der Waals surface area contributed by atoms with Gasteiger partial charge >= 0.3 is 0 Å². The Hall–Kier alpha value is -2.83. The molecule has 0 radical (unpaired) electrons. The number of aromatic nitrogens is 2. The number of amides is 1. The van der Waals surface area contributed by atoms with Gasteiger partial charge < -0.3 is 5.32 Å². The minimum atomic E-state index is -0.0720. The number of aryl methyl sites for hydroxylation is 2. The highest BCUT2D eigenvalue weighted by Gasteiger charge is 2.08. The van der Waals surface area contributed by atoms with Gasteiger partial charge in [-0.15, -0.1) is 0 Å². The molecule has 0 atom stereocenters. The number of rotatable bonds is 6. The molecule has 30 heavy (non-hydrogen) atoms. The highest BCUT2D eigenvalue weighted by molar-refractivity contribution is 8.00. The van der Waals surface area contributed by atoms with Crippen molar-refractivity contribution < 1.29 is 4.79 Å². The third kappa shape index (κ3) is 5.20. The predicted octanol–water partition coefficient (Wildman–Crippen LogP) is 6.13. The van der Waals surface area contributed by atoms with Crippen molar-refractivity contribution in [1.29, 1.82) is 0 Å². The van der Waals surface area contributed by atoms with E-state index in [1.807, 2.05) is 44.2 Å². The number of fused-ring (bicyclic) bond motifs is 1. The first-order chi connectivity index (χ1) is 14.6. The molecule has 0 bridgehead atoms. The van der Waals surface area contributed by atoms with Crippen LogP contribution in [0.15, 0.2) is 87.7 Å². The third-order valence-corrected chi connectivity index (χ3v) is 6.34. The fourth-order valence-corrected chi connectivity index (χ4v) is 4.82. The van der Waals surface area contributed by atoms with Crippen LogP contribution in [0, 0.1) is 13.8 Å². The second kappa shape index (κ2) is 9.32. The third-order valence-electron chi connectivity index (χ3n) is 4.41. The van der Waals surface area contributed by atoms with Crippen molar-refractivity contribution in [3.05, 3.63) is 84.2 Å². The van der Waals surface area contributed by atoms with Crippen LogP contribution in [0.5, 0.6) is 0 Å². The zero-order valence-corrected chi connectivity index (χ0v) is 18.4. The Morgan fingerprint density at radius 3 is 2.37 bits per heavy atom. The normalized spacial score (nSPS) is 10.9. The molecule has 0 saturated carbocycles. The quantitative estimate of drug-likeness (QED) is 0.294. The predicted molar refractivity (Wildman–Crippen MR) is 125 cm³/mol. The zero-order valence-electron chi connectivity index (χ0n) is 16.8. The first-order valence-corrected chi connectivity index (χ1v) is 11.4. The molecule has 1 aromatic heterocycles. The van der Waals surface area contributed by atoms with E-state index in [1.165, 1.54) is 27.4 Å². The van der Waals surface area contributed by atoms with Crippen LogP contribution >= 0.6 is 23.5 Å². The van der Waals surface area contributed by atoms with E-state index >= 15 is 0 Å². The van der Waals surface area contributed by atoms with Gasteiger partial charge in [-0.25, -0.2) is 9.97 Å². The van der Waals surface area contributed by atoms with Gasteiger partial charge in [-0.1, -0.05) is 59.9 Å². The average Bonchev–Trinajstić information content (AvgIpc) is 2.73. The number of nitrogens with one attached hydrogen (secondary N) is 1. The Labute approximate surface area is 184 Å². The van der Waals surface area contributed by atoms with Crippen LogP contribution in [0.25, 0.3) is 10.8 Å². The lowest BCUT2D eigenvalue weighted by molar-refractivity contribution is -0.113. The maximum absolute atomic E-state index is 12.3. The number of carbonyl (C=O) groups is 1. The lowest BCUT2D eigenvalue weighted by atomic mass is 10.1. The van der Waals surface area contributed by atoms with Crippen molar-refractivity contribution in [1.82, 2.24) is 9.97 Å². The van der Waals surface area contributed by atoms with Crippen LogP contribution in [0.3, 0.4) is 0 Å². The summed E-state index contributed by atoms with van der Waals surface area (Å²) in [5.74, 6) is 0.201. The summed E-state index contributed by atoms with van der Waals surface area (Å²) in [4.78, 5) is 23.3. The van der Waals surface area contributed by atoms with Crippen LogP contribution in [-0.4, -0.2) is 21.6 Å². The lowest BCUT2D eigenvalue weighted by Gasteiger charge is -2.08. The Morgan fingerprint density at radius 2 is 1.60 bits per heavy atom. The summed E-state index contributed by atoms with van der Waals surface area (Å²) in [5, 5.41) is 6.04. The largest absolute Gasteiger partial charge is 0.325 e. The van der Waals surface area contributed by atoms with E-state index in [9.17, 15) is 4.79 Å². The number of thioether (sulfide) groups is 1. The summed E-state index contributed by atoms with van der Waals surface area (Å²) in [7, 11) is 0. The molecule has 4 aromatic rings. The molecule has 0 aliphatic rings. The second-order valence-electron chi connectivity index (χ2n) is 6.87. The fraction of sp³-hybridized carbons (Fsp3) is 0.125. The van der Waals surface area contributed by atoms with Crippen LogP contribution in [-0.2, 0) is 4.79 Å². The molecular formula is C24H21N3OS2. The SMILES string of the molecule is Cc1cc(C)nc(SCC(=O)Nc2ccc(Sc3cccc4ccccc34)cc2)n1. The number of carbonyl (C=O) groups excluding carboxylic acids is 1. The lowest BCUT2D eigenvalue weighted by Crippen LogP contribution is -2.14. The van der Waals surface area contributed by atoms with Crippen molar-refractivity contribution in [3.8, 4) is 0 Å². The number of nitrogens with zero attached hydrogens (tertiary/aromatic N) is 2. The molecule has 0 spiro atoms. The Balaban J connectivity index is 1.37. The molecule has 4 rings (SSSR count). The first-order valence-electron chi connectivity index (χ1n) is 9.57. The molecule has 0 fully saturated rings. The van der Waals surface area contributed by atoms with E-state index in [4.69, 9.17) is 0 Å². The van der Waals surface area contributed by atoms with Crippen LogP contribution in [0.2, 0.25) is 0 Å². The second-order valence-corrected chi connectivity index (χ2v) is 8.93. The van der Waals surface area contributed by atoms with Gasteiger partial charge in [0.25, 0.3) is 0 Å². The zero-order chi connectivity index (χ0) is 20.9. The molecule has 1 amide bonds. The highest BCUT2D eigenvalue weighted by Crippen LogP contribution is 2.33. The molecule has 1 N–H and O–H groups in total. The smallest absolute Gasteiger partial charge is 0.234 e. The minimum absolute atomic E-state index is 0.0720. The minimum Gasteiger partial charge on any atom is -0.325 e. The molecule has 0 unspecified atom stereocenters. The Morgan fingerprint density at radius 1 is 0.900 bits per heavy atom. The van der Waals surface area contributed by atoms with Gasteiger partial charge in [-0.3, -0.25) is 4.79 Å². The Bertz CT molecular complexity index is 1170. The van der Waals surface area contributed by atoms with Crippen LogP contribution in [0.4, 0.5) is 5.69 Å². The van der Waals surface area contributed by atoms with Gasteiger partial charge in [0.2, 0.25) is 5.91 Å². The van der Waals surface area contributed by atoms with Crippen LogP contribution in [0.1, 0.15) is 11.4 Å². The summed E-state index contributed by atoms with van der Waals surface area (Å²) < 4.78 is 0. The maximum atomic E-state index is 12.3. The molecule has 3 aromatic carbocycles. The van der Waals surface area contributed by atoms with Gasteiger partial charge in [0.05, 0.1) is 5.75 Å². The first kappa shape index (κ1) is 20.4. The summed E-state index contributed by atoms with van der Waals surface area (Å²) in [6, 6.07) is 24.6. The van der Waals surface area contributed by atoms with E-state index in [1.54, 1.807) is 11.8 Å².